The molecule has 5 heteroatoms. The lowest BCUT2D eigenvalue weighted by atomic mass is 9.95. The summed E-state index contributed by atoms with van der Waals surface area (Å²) in [5, 5.41) is 3.13. The van der Waals surface area contributed by atoms with E-state index in [0.29, 0.717) is 30.3 Å². The second kappa shape index (κ2) is 9.12. The van der Waals surface area contributed by atoms with Crippen molar-refractivity contribution < 1.29 is 9.59 Å². The Balaban J connectivity index is 1.32. The first-order valence-electron chi connectivity index (χ1n) is 10.7. The Morgan fingerprint density at radius 2 is 1.38 bits per heavy atom. The maximum absolute atomic E-state index is 12.8. The van der Waals surface area contributed by atoms with Crippen LogP contribution in [-0.2, 0) is 0 Å². The highest BCUT2D eigenvalue weighted by Crippen LogP contribution is 2.19. The summed E-state index contributed by atoms with van der Waals surface area (Å²) in [6.45, 7) is 3.07. The monoisotopic (exact) mass is 391 g/mol. The molecule has 1 saturated carbocycles. The summed E-state index contributed by atoms with van der Waals surface area (Å²) in [6.07, 6.45) is 5.78. The Hall–Kier alpha value is -2.82. The van der Waals surface area contributed by atoms with Gasteiger partial charge in [-0.15, -0.1) is 0 Å². The van der Waals surface area contributed by atoms with Gasteiger partial charge in [-0.25, -0.2) is 0 Å². The minimum absolute atomic E-state index is 0.0348. The number of hydrogen-bond donors (Lipinski definition) is 1. The van der Waals surface area contributed by atoms with Gasteiger partial charge in [0.2, 0.25) is 0 Å². The van der Waals surface area contributed by atoms with Gasteiger partial charge in [-0.05, 0) is 49.2 Å². The minimum atomic E-state index is -0.0348. The number of amides is 2. The molecule has 2 amide bonds. The topological polar surface area (TPSA) is 52.7 Å². The Morgan fingerprint density at radius 1 is 0.759 bits per heavy atom. The molecule has 0 bridgehead atoms. The van der Waals surface area contributed by atoms with Crippen LogP contribution in [0.1, 0.15) is 52.8 Å². The Labute approximate surface area is 172 Å². The van der Waals surface area contributed by atoms with Crippen LogP contribution in [0.5, 0.6) is 0 Å². The fourth-order valence-corrected chi connectivity index (χ4v) is 4.27. The minimum Gasteiger partial charge on any atom is -0.368 e. The van der Waals surface area contributed by atoms with Gasteiger partial charge in [0, 0.05) is 49.0 Å². The molecule has 1 aliphatic heterocycles. The predicted molar refractivity (Wildman–Crippen MR) is 115 cm³/mol. The molecular formula is C24H29N3O2. The van der Waals surface area contributed by atoms with Crippen molar-refractivity contribution in [2.45, 2.75) is 38.1 Å². The van der Waals surface area contributed by atoms with E-state index in [9.17, 15) is 9.59 Å². The number of carbonyl (C=O) groups excluding carboxylic acids is 2. The highest BCUT2D eigenvalue weighted by molar-refractivity contribution is 5.98. The largest absolute Gasteiger partial charge is 0.368 e. The van der Waals surface area contributed by atoms with Crippen molar-refractivity contribution in [3.05, 3.63) is 65.7 Å². The van der Waals surface area contributed by atoms with Crippen LogP contribution in [0.15, 0.2) is 54.6 Å². The molecule has 1 saturated heterocycles. The number of carbonyl (C=O) groups is 2. The van der Waals surface area contributed by atoms with Crippen molar-refractivity contribution in [3.8, 4) is 0 Å². The average Bonchev–Trinajstić information content (AvgIpc) is 2.80. The second-order valence-electron chi connectivity index (χ2n) is 8.00. The lowest BCUT2D eigenvalue weighted by Gasteiger charge is -2.36. The standard InChI is InChI=1S/C24H29N3O2/c28-23(25-21-7-3-1-4-8-21)19-11-13-20(14-12-19)24(29)27-17-15-26(16-18-27)22-9-5-2-6-10-22/h2,5-6,9-14,21H,1,3-4,7-8,15-18H2,(H,25,28). The molecule has 1 N–H and O–H groups in total. The number of benzene rings is 2. The van der Waals surface area contributed by atoms with Gasteiger partial charge >= 0.3 is 0 Å². The molecule has 0 atom stereocenters. The molecule has 2 aliphatic rings. The highest BCUT2D eigenvalue weighted by Gasteiger charge is 2.23. The molecule has 0 aromatic heterocycles. The number of piperazine rings is 1. The molecule has 2 aromatic carbocycles. The van der Waals surface area contributed by atoms with E-state index < -0.39 is 0 Å². The molecule has 0 radical (unpaired) electrons. The van der Waals surface area contributed by atoms with Crippen molar-refractivity contribution in [2.75, 3.05) is 31.1 Å². The molecule has 2 fully saturated rings. The van der Waals surface area contributed by atoms with Crippen LogP contribution in [-0.4, -0.2) is 48.9 Å². The third-order valence-corrected chi connectivity index (χ3v) is 6.02. The van der Waals surface area contributed by atoms with Crippen LogP contribution in [0.25, 0.3) is 0 Å². The summed E-state index contributed by atoms with van der Waals surface area (Å²) in [6, 6.07) is 17.7. The van der Waals surface area contributed by atoms with Gasteiger partial charge in [-0.2, -0.15) is 0 Å². The molecule has 1 aliphatic carbocycles. The zero-order valence-corrected chi connectivity index (χ0v) is 16.8. The van der Waals surface area contributed by atoms with Crippen molar-refractivity contribution >= 4 is 17.5 Å². The van der Waals surface area contributed by atoms with Crippen molar-refractivity contribution in [2.24, 2.45) is 0 Å². The van der Waals surface area contributed by atoms with Crippen LogP contribution < -0.4 is 10.2 Å². The Bertz CT molecular complexity index is 821. The van der Waals surface area contributed by atoms with Crippen LogP contribution in [0.4, 0.5) is 5.69 Å². The molecule has 29 heavy (non-hydrogen) atoms. The molecule has 0 unspecified atom stereocenters. The molecule has 0 spiro atoms. The summed E-state index contributed by atoms with van der Waals surface area (Å²) in [5.74, 6) is 0.00400. The average molecular weight is 392 g/mol. The predicted octanol–water partition coefficient (Wildman–Crippen LogP) is 3.71. The maximum atomic E-state index is 12.8. The summed E-state index contributed by atoms with van der Waals surface area (Å²) in [5.41, 5.74) is 2.47. The number of para-hydroxylation sites is 1. The van der Waals surface area contributed by atoms with E-state index in [0.717, 1.165) is 25.9 Å². The van der Waals surface area contributed by atoms with E-state index in [1.807, 2.05) is 23.1 Å². The number of anilines is 1. The third kappa shape index (κ3) is 4.78. The number of nitrogens with zero attached hydrogens (tertiary/aromatic N) is 2. The third-order valence-electron chi connectivity index (χ3n) is 6.02. The molecule has 1 heterocycles. The second-order valence-corrected chi connectivity index (χ2v) is 8.00. The first kappa shape index (κ1) is 19.5. The van der Waals surface area contributed by atoms with Crippen LogP contribution in [0, 0.1) is 0 Å². The first-order valence-corrected chi connectivity index (χ1v) is 10.7. The van der Waals surface area contributed by atoms with Crippen LogP contribution >= 0.6 is 0 Å². The van der Waals surface area contributed by atoms with E-state index in [-0.39, 0.29) is 11.8 Å². The lowest BCUT2D eigenvalue weighted by Crippen LogP contribution is -2.48. The van der Waals surface area contributed by atoms with E-state index in [1.54, 1.807) is 24.3 Å². The van der Waals surface area contributed by atoms with E-state index in [2.05, 4.69) is 22.3 Å². The van der Waals surface area contributed by atoms with Crippen LogP contribution in [0.2, 0.25) is 0 Å². The SMILES string of the molecule is O=C(NC1CCCCC1)c1ccc(C(=O)N2CCN(c3ccccc3)CC2)cc1. The van der Waals surface area contributed by atoms with Crippen LogP contribution in [0.3, 0.4) is 0 Å². The summed E-state index contributed by atoms with van der Waals surface area (Å²) < 4.78 is 0. The molecule has 4 rings (SSSR count). The smallest absolute Gasteiger partial charge is 0.253 e. The highest BCUT2D eigenvalue weighted by atomic mass is 16.2. The Kier molecular flexibility index (Phi) is 6.13. The van der Waals surface area contributed by atoms with E-state index >= 15 is 0 Å². The van der Waals surface area contributed by atoms with Gasteiger partial charge in [-0.3, -0.25) is 9.59 Å². The van der Waals surface area contributed by atoms with Gasteiger partial charge in [0.1, 0.15) is 0 Å². The lowest BCUT2D eigenvalue weighted by molar-refractivity contribution is 0.0746. The van der Waals surface area contributed by atoms with Crippen molar-refractivity contribution in [1.82, 2.24) is 10.2 Å². The van der Waals surface area contributed by atoms with E-state index in [1.165, 1.54) is 24.9 Å². The zero-order chi connectivity index (χ0) is 20.1. The Morgan fingerprint density at radius 3 is 2.03 bits per heavy atom. The van der Waals surface area contributed by atoms with Crippen molar-refractivity contribution in [1.29, 1.82) is 0 Å². The molecule has 5 nitrogen and oxygen atoms in total. The first-order chi connectivity index (χ1) is 14.2. The fourth-order valence-electron chi connectivity index (χ4n) is 4.27. The summed E-state index contributed by atoms with van der Waals surface area (Å²) in [4.78, 5) is 29.5. The van der Waals surface area contributed by atoms with Gasteiger partial charge in [-0.1, -0.05) is 37.5 Å². The summed E-state index contributed by atoms with van der Waals surface area (Å²) >= 11 is 0. The zero-order valence-electron chi connectivity index (χ0n) is 16.8. The van der Waals surface area contributed by atoms with Crippen molar-refractivity contribution in [3.63, 3.8) is 0 Å². The molecule has 2 aromatic rings. The fraction of sp³-hybridized carbons (Fsp3) is 0.417. The number of rotatable bonds is 4. The summed E-state index contributed by atoms with van der Waals surface area (Å²) in [7, 11) is 0. The van der Waals surface area contributed by atoms with Gasteiger partial charge in [0.15, 0.2) is 0 Å². The maximum Gasteiger partial charge on any atom is 0.253 e. The van der Waals surface area contributed by atoms with E-state index in [4.69, 9.17) is 0 Å². The molecular weight excluding hydrogens is 362 g/mol. The number of hydrogen-bond acceptors (Lipinski definition) is 3. The number of nitrogens with one attached hydrogen (secondary N) is 1. The van der Waals surface area contributed by atoms with Gasteiger partial charge in [0.25, 0.3) is 11.8 Å². The normalized spacial score (nSPS) is 17.8. The van der Waals surface area contributed by atoms with Gasteiger partial charge < -0.3 is 15.1 Å². The quantitative estimate of drug-likeness (QED) is 0.864. The van der Waals surface area contributed by atoms with Gasteiger partial charge in [0.05, 0.1) is 0 Å². The molecule has 152 valence electrons.